The lowest BCUT2D eigenvalue weighted by molar-refractivity contribution is -0.120. The Morgan fingerprint density at radius 3 is 2.52 bits per heavy atom. The summed E-state index contributed by atoms with van der Waals surface area (Å²) < 4.78 is 7.57. The van der Waals surface area contributed by atoms with E-state index in [4.69, 9.17) is 16.3 Å². The minimum Gasteiger partial charge on any atom is -0.496 e. The lowest BCUT2D eigenvalue weighted by atomic mass is 10.1. The van der Waals surface area contributed by atoms with E-state index in [1.165, 1.54) is 0 Å². The molecule has 4 rings (SSSR count). The SMILES string of the molecule is COc1ccccc1CCNC(=O)Cc1cn(Cc2ccc(Cl)cc2)c2ccccc12. The van der Waals surface area contributed by atoms with Crippen LogP contribution in [0.25, 0.3) is 10.9 Å². The Balaban J connectivity index is 1.44. The molecule has 4 nitrogen and oxygen atoms in total. The molecule has 0 unspecified atom stereocenters. The van der Waals surface area contributed by atoms with Gasteiger partial charge in [-0.25, -0.2) is 0 Å². The van der Waals surface area contributed by atoms with E-state index in [-0.39, 0.29) is 5.91 Å². The van der Waals surface area contributed by atoms with Gasteiger partial charge in [0, 0.05) is 35.2 Å². The number of hydrogen-bond acceptors (Lipinski definition) is 2. The van der Waals surface area contributed by atoms with Gasteiger partial charge in [-0.15, -0.1) is 0 Å². The van der Waals surface area contributed by atoms with E-state index in [0.717, 1.165) is 51.3 Å². The van der Waals surface area contributed by atoms with Crippen molar-refractivity contribution in [2.45, 2.75) is 19.4 Å². The van der Waals surface area contributed by atoms with Crippen LogP contribution in [0, 0.1) is 0 Å². The summed E-state index contributed by atoms with van der Waals surface area (Å²) in [5, 5.41) is 4.88. The first-order valence-corrected chi connectivity index (χ1v) is 10.7. The topological polar surface area (TPSA) is 43.3 Å². The highest BCUT2D eigenvalue weighted by atomic mass is 35.5. The number of amides is 1. The maximum Gasteiger partial charge on any atom is 0.224 e. The average molecular weight is 433 g/mol. The van der Waals surface area contributed by atoms with E-state index in [0.29, 0.717) is 13.0 Å². The molecule has 1 heterocycles. The fourth-order valence-corrected chi connectivity index (χ4v) is 3.99. The number of hydrogen-bond donors (Lipinski definition) is 1. The molecule has 1 aromatic heterocycles. The monoisotopic (exact) mass is 432 g/mol. The van der Waals surface area contributed by atoms with Gasteiger partial charge in [0.15, 0.2) is 0 Å². The van der Waals surface area contributed by atoms with Crippen LogP contribution < -0.4 is 10.1 Å². The number of nitrogens with zero attached hydrogens (tertiary/aromatic N) is 1. The second kappa shape index (κ2) is 9.71. The smallest absolute Gasteiger partial charge is 0.224 e. The first kappa shape index (κ1) is 21.0. The molecular weight excluding hydrogens is 408 g/mol. The van der Waals surface area contributed by atoms with Crippen molar-refractivity contribution in [3.63, 3.8) is 0 Å². The van der Waals surface area contributed by atoms with Gasteiger partial charge in [0.25, 0.3) is 0 Å². The van der Waals surface area contributed by atoms with Crippen LogP contribution in [-0.4, -0.2) is 24.1 Å². The number of benzene rings is 3. The van der Waals surface area contributed by atoms with Gasteiger partial charge >= 0.3 is 0 Å². The van der Waals surface area contributed by atoms with Crippen LogP contribution in [0.15, 0.2) is 79.0 Å². The molecule has 4 aromatic rings. The summed E-state index contributed by atoms with van der Waals surface area (Å²) in [7, 11) is 1.66. The highest BCUT2D eigenvalue weighted by Gasteiger charge is 2.12. The van der Waals surface area contributed by atoms with Gasteiger partial charge in [-0.3, -0.25) is 4.79 Å². The fraction of sp³-hybridized carbons (Fsp3) is 0.192. The first-order chi connectivity index (χ1) is 15.1. The summed E-state index contributed by atoms with van der Waals surface area (Å²) in [6, 6.07) is 24.0. The molecule has 3 aromatic carbocycles. The Labute approximate surface area is 187 Å². The van der Waals surface area contributed by atoms with Gasteiger partial charge in [0.05, 0.1) is 13.5 Å². The highest BCUT2D eigenvalue weighted by Crippen LogP contribution is 2.23. The van der Waals surface area contributed by atoms with E-state index in [1.807, 2.05) is 60.7 Å². The number of fused-ring (bicyclic) bond motifs is 1. The summed E-state index contributed by atoms with van der Waals surface area (Å²) in [5.74, 6) is 0.867. The zero-order valence-corrected chi connectivity index (χ0v) is 18.2. The number of para-hydroxylation sites is 2. The maximum atomic E-state index is 12.6. The zero-order valence-electron chi connectivity index (χ0n) is 17.5. The number of carbonyl (C=O) groups is 1. The summed E-state index contributed by atoms with van der Waals surface area (Å²) in [6.07, 6.45) is 3.16. The third kappa shape index (κ3) is 5.09. The predicted octanol–water partition coefficient (Wildman–Crippen LogP) is 5.25. The minimum atomic E-state index is 0.0179. The summed E-state index contributed by atoms with van der Waals surface area (Å²) in [4.78, 5) is 12.6. The van der Waals surface area contributed by atoms with Crippen LogP contribution in [0.3, 0.4) is 0 Å². The first-order valence-electron chi connectivity index (χ1n) is 10.3. The minimum absolute atomic E-state index is 0.0179. The van der Waals surface area contributed by atoms with Crippen molar-refractivity contribution in [1.82, 2.24) is 9.88 Å². The largest absolute Gasteiger partial charge is 0.496 e. The second-order valence-corrected chi connectivity index (χ2v) is 7.95. The van der Waals surface area contributed by atoms with Crippen molar-refractivity contribution < 1.29 is 9.53 Å². The molecule has 0 saturated heterocycles. The van der Waals surface area contributed by atoms with Gasteiger partial charge in [-0.1, -0.05) is 60.1 Å². The molecule has 0 radical (unpaired) electrons. The molecule has 0 aliphatic carbocycles. The van der Waals surface area contributed by atoms with Gasteiger partial charge in [-0.05, 0) is 47.4 Å². The normalized spacial score (nSPS) is 10.9. The Kier molecular flexibility index (Phi) is 6.58. The summed E-state index contributed by atoms with van der Waals surface area (Å²) >= 11 is 6.01. The van der Waals surface area contributed by atoms with Crippen LogP contribution in [0.1, 0.15) is 16.7 Å². The van der Waals surface area contributed by atoms with Crippen LogP contribution >= 0.6 is 11.6 Å². The average Bonchev–Trinajstić information content (AvgIpc) is 3.13. The molecule has 1 N–H and O–H groups in total. The molecule has 0 aliphatic heterocycles. The van der Waals surface area contributed by atoms with Gasteiger partial charge in [0.1, 0.15) is 5.75 Å². The van der Waals surface area contributed by atoms with Gasteiger partial charge in [0.2, 0.25) is 5.91 Å². The predicted molar refractivity (Wildman–Crippen MR) is 126 cm³/mol. The standard InChI is InChI=1S/C26H25ClN2O2/c1-31-25-9-5-2-6-20(25)14-15-28-26(30)16-21-18-29(24-8-4-3-7-23(21)24)17-19-10-12-22(27)13-11-19/h2-13,18H,14-17H2,1H3,(H,28,30). The van der Waals surface area contributed by atoms with E-state index in [9.17, 15) is 4.79 Å². The maximum absolute atomic E-state index is 12.6. The molecule has 0 saturated carbocycles. The van der Waals surface area contributed by atoms with Crippen LogP contribution in [-0.2, 0) is 24.2 Å². The van der Waals surface area contributed by atoms with E-state index < -0.39 is 0 Å². The van der Waals surface area contributed by atoms with Crippen LogP contribution in [0.4, 0.5) is 0 Å². The number of carbonyl (C=O) groups excluding carboxylic acids is 1. The second-order valence-electron chi connectivity index (χ2n) is 7.51. The molecule has 0 fully saturated rings. The van der Waals surface area contributed by atoms with E-state index >= 15 is 0 Å². The van der Waals surface area contributed by atoms with Crippen molar-refractivity contribution in [2.24, 2.45) is 0 Å². The van der Waals surface area contributed by atoms with E-state index in [1.54, 1.807) is 7.11 Å². The number of ether oxygens (including phenoxy) is 1. The molecule has 0 atom stereocenters. The third-order valence-electron chi connectivity index (χ3n) is 5.40. The van der Waals surface area contributed by atoms with Crippen molar-refractivity contribution in [3.8, 4) is 5.75 Å². The number of aromatic nitrogens is 1. The summed E-state index contributed by atoms with van der Waals surface area (Å²) in [6.45, 7) is 1.30. The zero-order chi connectivity index (χ0) is 21.6. The van der Waals surface area contributed by atoms with Crippen molar-refractivity contribution in [1.29, 1.82) is 0 Å². The van der Waals surface area contributed by atoms with Crippen molar-refractivity contribution in [3.05, 3.63) is 101 Å². The van der Waals surface area contributed by atoms with Gasteiger partial charge in [-0.2, -0.15) is 0 Å². The fourth-order valence-electron chi connectivity index (χ4n) is 3.86. The quantitative estimate of drug-likeness (QED) is 0.413. The molecule has 158 valence electrons. The van der Waals surface area contributed by atoms with Crippen LogP contribution in [0.5, 0.6) is 5.75 Å². The summed E-state index contributed by atoms with van der Waals surface area (Å²) in [5.41, 5.74) is 4.40. The van der Waals surface area contributed by atoms with Gasteiger partial charge < -0.3 is 14.6 Å². The van der Waals surface area contributed by atoms with Crippen molar-refractivity contribution in [2.75, 3.05) is 13.7 Å². The molecule has 0 aliphatic rings. The lowest BCUT2D eigenvalue weighted by Gasteiger charge is -2.09. The number of halogens is 1. The Bertz CT molecular complexity index is 1180. The lowest BCUT2D eigenvalue weighted by Crippen LogP contribution is -2.27. The highest BCUT2D eigenvalue weighted by molar-refractivity contribution is 6.30. The Morgan fingerprint density at radius 2 is 1.71 bits per heavy atom. The molecule has 0 bridgehead atoms. The molecule has 0 spiro atoms. The number of methoxy groups -OCH3 is 1. The third-order valence-corrected chi connectivity index (χ3v) is 5.65. The molecule has 31 heavy (non-hydrogen) atoms. The molecule has 5 heteroatoms. The Morgan fingerprint density at radius 1 is 0.968 bits per heavy atom. The molecular formula is C26H25ClN2O2. The van der Waals surface area contributed by atoms with E-state index in [2.05, 4.69) is 28.2 Å². The number of nitrogens with one attached hydrogen (secondary N) is 1. The Hall–Kier alpha value is -3.24. The number of rotatable bonds is 8. The molecule has 1 amide bonds. The van der Waals surface area contributed by atoms with Crippen molar-refractivity contribution >= 4 is 28.4 Å². The van der Waals surface area contributed by atoms with Crippen LogP contribution in [0.2, 0.25) is 5.02 Å².